The lowest BCUT2D eigenvalue weighted by Crippen LogP contribution is -2.39. The van der Waals surface area contributed by atoms with Crippen LogP contribution in [0.2, 0.25) is 0 Å². The lowest BCUT2D eigenvalue weighted by molar-refractivity contribution is 0.0690. The fourth-order valence-electron chi connectivity index (χ4n) is 2.81. The molecular weight excluding hydrogens is 254 g/mol. The van der Waals surface area contributed by atoms with Gasteiger partial charge in [-0.1, -0.05) is 6.92 Å². The van der Waals surface area contributed by atoms with Gasteiger partial charge in [0.2, 0.25) is 0 Å². The number of pyridine rings is 1. The number of aromatic nitrogens is 1. The Hall–Kier alpha value is -1.46. The number of aromatic carboxylic acids is 1. The topological polar surface area (TPSA) is 56.7 Å². The second kappa shape index (κ2) is 6.81. The molecule has 0 bridgehead atoms. The molecule has 1 aromatic heterocycles. The van der Waals surface area contributed by atoms with Crippen molar-refractivity contribution in [1.29, 1.82) is 0 Å². The first-order valence-electron chi connectivity index (χ1n) is 7.21. The fourth-order valence-corrected chi connectivity index (χ4v) is 2.81. The van der Waals surface area contributed by atoms with Crippen LogP contribution in [0.1, 0.15) is 35.8 Å². The van der Waals surface area contributed by atoms with E-state index in [2.05, 4.69) is 28.8 Å². The number of nitrogens with zero attached hydrogens (tertiary/aromatic N) is 3. The smallest absolute Gasteiger partial charge is 0.354 e. The van der Waals surface area contributed by atoms with Crippen molar-refractivity contribution in [3.05, 3.63) is 29.6 Å². The van der Waals surface area contributed by atoms with Crippen LogP contribution in [-0.4, -0.2) is 58.6 Å². The zero-order valence-electron chi connectivity index (χ0n) is 12.2. The molecule has 0 saturated carbocycles. The number of carboxylic acid groups (broad SMARTS) is 1. The van der Waals surface area contributed by atoms with Crippen LogP contribution in [0.4, 0.5) is 0 Å². The normalized spacial score (nSPS) is 21.6. The van der Waals surface area contributed by atoms with Crippen LogP contribution < -0.4 is 0 Å². The molecule has 1 aliphatic rings. The zero-order valence-corrected chi connectivity index (χ0v) is 12.2. The Bertz CT molecular complexity index is 464. The molecule has 5 nitrogen and oxygen atoms in total. The molecule has 1 aliphatic heterocycles. The number of carbonyl (C=O) groups is 1. The number of rotatable bonds is 4. The minimum atomic E-state index is -0.963. The van der Waals surface area contributed by atoms with Gasteiger partial charge in [0.1, 0.15) is 5.69 Å². The lowest BCUT2D eigenvalue weighted by Gasteiger charge is -2.30. The van der Waals surface area contributed by atoms with Gasteiger partial charge in [-0.25, -0.2) is 9.78 Å². The monoisotopic (exact) mass is 277 g/mol. The number of hydrogen-bond donors (Lipinski definition) is 1. The second-order valence-corrected chi connectivity index (χ2v) is 5.50. The van der Waals surface area contributed by atoms with Crippen molar-refractivity contribution in [3.63, 3.8) is 0 Å². The van der Waals surface area contributed by atoms with E-state index in [-0.39, 0.29) is 5.69 Å². The molecule has 20 heavy (non-hydrogen) atoms. The fraction of sp³-hybridized carbons (Fsp3) is 0.600. The Morgan fingerprint density at radius 2 is 2.30 bits per heavy atom. The van der Waals surface area contributed by atoms with Crippen molar-refractivity contribution < 1.29 is 9.90 Å². The Morgan fingerprint density at radius 3 is 3.00 bits per heavy atom. The van der Waals surface area contributed by atoms with Crippen molar-refractivity contribution in [3.8, 4) is 0 Å². The van der Waals surface area contributed by atoms with E-state index in [0.29, 0.717) is 6.04 Å². The van der Waals surface area contributed by atoms with Crippen molar-refractivity contribution >= 4 is 5.97 Å². The van der Waals surface area contributed by atoms with E-state index in [0.717, 1.165) is 44.6 Å². The first-order valence-corrected chi connectivity index (χ1v) is 7.21. The van der Waals surface area contributed by atoms with Crippen molar-refractivity contribution in [1.82, 2.24) is 14.8 Å². The summed E-state index contributed by atoms with van der Waals surface area (Å²) in [6.07, 6.45) is 3.86. The largest absolute Gasteiger partial charge is 0.477 e. The van der Waals surface area contributed by atoms with Gasteiger partial charge in [-0.2, -0.15) is 0 Å². The van der Waals surface area contributed by atoms with Crippen LogP contribution >= 0.6 is 0 Å². The highest BCUT2D eigenvalue weighted by Gasteiger charge is 2.22. The van der Waals surface area contributed by atoms with Crippen LogP contribution in [-0.2, 0) is 6.54 Å². The summed E-state index contributed by atoms with van der Waals surface area (Å²) in [7, 11) is 2.17. The molecule has 1 aromatic rings. The van der Waals surface area contributed by atoms with Crippen molar-refractivity contribution in [2.75, 3.05) is 26.7 Å². The van der Waals surface area contributed by atoms with E-state index < -0.39 is 5.97 Å². The van der Waals surface area contributed by atoms with Crippen LogP contribution in [0, 0.1) is 0 Å². The maximum absolute atomic E-state index is 11.0. The van der Waals surface area contributed by atoms with Gasteiger partial charge in [0.25, 0.3) is 0 Å². The third kappa shape index (κ3) is 3.77. The molecule has 110 valence electrons. The minimum absolute atomic E-state index is 0.127. The van der Waals surface area contributed by atoms with E-state index in [1.165, 1.54) is 0 Å². The molecule has 1 N–H and O–H groups in total. The van der Waals surface area contributed by atoms with Crippen LogP contribution in [0.5, 0.6) is 0 Å². The standard InChI is InChI=1S/C15H23N3O2/c1-3-13-11-17(2)7-4-8-18(13)10-12-5-6-16-14(9-12)15(19)20/h5-6,9,13H,3-4,7-8,10-11H2,1-2H3,(H,19,20). The third-order valence-corrected chi connectivity index (χ3v) is 3.92. The van der Waals surface area contributed by atoms with Gasteiger partial charge in [0, 0.05) is 31.9 Å². The Morgan fingerprint density at radius 1 is 1.50 bits per heavy atom. The molecule has 5 heteroatoms. The molecule has 1 unspecified atom stereocenters. The van der Waals surface area contributed by atoms with Crippen LogP contribution in [0.3, 0.4) is 0 Å². The van der Waals surface area contributed by atoms with E-state index >= 15 is 0 Å². The van der Waals surface area contributed by atoms with Gasteiger partial charge in [-0.3, -0.25) is 4.90 Å². The molecule has 0 spiro atoms. The summed E-state index contributed by atoms with van der Waals surface area (Å²) >= 11 is 0. The van der Waals surface area contributed by atoms with E-state index in [1.54, 1.807) is 12.3 Å². The van der Waals surface area contributed by atoms with E-state index in [9.17, 15) is 4.79 Å². The van der Waals surface area contributed by atoms with Gasteiger partial charge < -0.3 is 10.0 Å². The first-order chi connectivity index (χ1) is 9.60. The average Bonchev–Trinajstić information content (AvgIpc) is 2.61. The molecule has 1 saturated heterocycles. The van der Waals surface area contributed by atoms with Gasteiger partial charge in [0.05, 0.1) is 0 Å². The Kier molecular flexibility index (Phi) is 5.09. The van der Waals surface area contributed by atoms with E-state index in [1.807, 2.05) is 6.07 Å². The summed E-state index contributed by atoms with van der Waals surface area (Å²) < 4.78 is 0. The van der Waals surface area contributed by atoms with Crippen molar-refractivity contribution in [2.45, 2.75) is 32.4 Å². The van der Waals surface area contributed by atoms with Gasteiger partial charge in [-0.05, 0) is 44.1 Å². The van der Waals surface area contributed by atoms with Crippen LogP contribution in [0.25, 0.3) is 0 Å². The Labute approximate surface area is 120 Å². The van der Waals surface area contributed by atoms with Gasteiger partial charge in [-0.15, -0.1) is 0 Å². The molecule has 2 rings (SSSR count). The molecule has 1 atom stereocenters. The molecule has 2 heterocycles. The molecule has 1 fully saturated rings. The highest BCUT2D eigenvalue weighted by Crippen LogP contribution is 2.16. The number of likely N-dealkylation sites (N-methyl/N-ethyl adjacent to an activating group) is 1. The first kappa shape index (κ1) is 14.9. The summed E-state index contributed by atoms with van der Waals surface area (Å²) in [5.41, 5.74) is 1.16. The molecule has 0 radical (unpaired) electrons. The number of hydrogen-bond acceptors (Lipinski definition) is 4. The quantitative estimate of drug-likeness (QED) is 0.907. The van der Waals surface area contributed by atoms with Gasteiger partial charge >= 0.3 is 5.97 Å². The molecule has 0 amide bonds. The van der Waals surface area contributed by atoms with Crippen molar-refractivity contribution in [2.24, 2.45) is 0 Å². The summed E-state index contributed by atoms with van der Waals surface area (Å²) in [6.45, 7) is 6.28. The van der Waals surface area contributed by atoms with E-state index in [4.69, 9.17) is 5.11 Å². The zero-order chi connectivity index (χ0) is 14.5. The summed E-state index contributed by atoms with van der Waals surface area (Å²) in [5.74, 6) is -0.963. The minimum Gasteiger partial charge on any atom is -0.477 e. The average molecular weight is 277 g/mol. The lowest BCUT2D eigenvalue weighted by atomic mass is 10.1. The number of carboxylic acids is 1. The molecular formula is C15H23N3O2. The Balaban J connectivity index is 2.10. The summed E-state index contributed by atoms with van der Waals surface area (Å²) in [6, 6.07) is 4.13. The molecule has 0 aliphatic carbocycles. The second-order valence-electron chi connectivity index (χ2n) is 5.50. The third-order valence-electron chi connectivity index (χ3n) is 3.92. The van der Waals surface area contributed by atoms with Gasteiger partial charge in [0.15, 0.2) is 0 Å². The van der Waals surface area contributed by atoms with Crippen LogP contribution in [0.15, 0.2) is 18.3 Å². The summed E-state index contributed by atoms with van der Waals surface area (Å²) in [4.78, 5) is 19.7. The maximum atomic E-state index is 11.0. The predicted octanol–water partition coefficient (Wildman–Crippen LogP) is 1.70. The SMILES string of the molecule is CCC1CN(C)CCCN1Cc1ccnc(C(=O)O)c1. The highest BCUT2D eigenvalue weighted by atomic mass is 16.4. The summed E-state index contributed by atoms with van der Waals surface area (Å²) in [5, 5.41) is 9.01. The highest BCUT2D eigenvalue weighted by molar-refractivity contribution is 5.85. The molecule has 0 aromatic carbocycles. The maximum Gasteiger partial charge on any atom is 0.354 e. The predicted molar refractivity (Wildman–Crippen MR) is 77.8 cm³/mol.